The number of rotatable bonds is 5. The average Bonchev–Trinajstić information content (AvgIpc) is 2.31. The van der Waals surface area contributed by atoms with Gasteiger partial charge in [-0.05, 0) is 46.3 Å². The molecule has 0 saturated heterocycles. The number of amidine groups is 1. The Hall–Kier alpha value is -1.30. The van der Waals surface area contributed by atoms with Crippen molar-refractivity contribution < 1.29 is 14.3 Å². The van der Waals surface area contributed by atoms with Crippen molar-refractivity contribution in [3.8, 4) is 0 Å². The molecule has 20 heavy (non-hydrogen) atoms. The van der Waals surface area contributed by atoms with Gasteiger partial charge in [-0.2, -0.15) is 4.99 Å². The first kappa shape index (κ1) is 18.7. The number of nitrogens with one attached hydrogen (secondary N) is 1. The van der Waals surface area contributed by atoms with E-state index in [1.165, 1.54) is 11.8 Å². The molecule has 0 aliphatic heterocycles. The molecule has 0 saturated carbocycles. The summed E-state index contributed by atoms with van der Waals surface area (Å²) in [6, 6.07) is 0. The molecule has 2 amide bonds. The third-order valence-electron chi connectivity index (χ3n) is 2.09. The van der Waals surface area contributed by atoms with E-state index in [9.17, 15) is 9.59 Å². The van der Waals surface area contributed by atoms with Crippen molar-refractivity contribution in [1.82, 2.24) is 5.32 Å². The van der Waals surface area contributed by atoms with Crippen molar-refractivity contribution in [2.45, 2.75) is 52.1 Å². The van der Waals surface area contributed by atoms with Crippen LogP contribution in [0.2, 0.25) is 0 Å². The number of amides is 2. The maximum Gasteiger partial charge on any atom is 0.436 e. The Balaban J connectivity index is 4.28. The van der Waals surface area contributed by atoms with Crippen LogP contribution in [0, 0.1) is 0 Å². The summed E-state index contributed by atoms with van der Waals surface area (Å²) in [4.78, 5) is 26.9. The molecule has 1 N–H and O–H groups in total. The van der Waals surface area contributed by atoms with Crippen molar-refractivity contribution in [2.75, 3.05) is 6.26 Å². The van der Waals surface area contributed by atoms with Gasteiger partial charge in [0.15, 0.2) is 5.17 Å². The standard InChI is InChI=1S/C14H24N2O3S/c1-6-7-8-9-10-11(17)15-12(20-5)16-13(18)19-14(2,3)4/h6H,1,7-10H2,2-5H3,(H,15,16,17,18). The van der Waals surface area contributed by atoms with E-state index in [-0.39, 0.29) is 11.1 Å². The van der Waals surface area contributed by atoms with Gasteiger partial charge in [-0.15, -0.1) is 6.58 Å². The molecule has 0 rings (SSSR count). The average molecular weight is 300 g/mol. The van der Waals surface area contributed by atoms with E-state index in [1.54, 1.807) is 27.0 Å². The molecular weight excluding hydrogens is 276 g/mol. The molecule has 0 unspecified atom stereocenters. The van der Waals surface area contributed by atoms with Crippen LogP contribution in [0.25, 0.3) is 0 Å². The number of thioether (sulfide) groups is 1. The molecule has 0 bridgehead atoms. The Morgan fingerprint density at radius 1 is 1.35 bits per heavy atom. The summed E-state index contributed by atoms with van der Waals surface area (Å²) in [5.41, 5.74) is -0.598. The fraction of sp³-hybridized carbons (Fsp3) is 0.643. The van der Waals surface area contributed by atoms with E-state index >= 15 is 0 Å². The largest absolute Gasteiger partial charge is 0.442 e. The number of unbranched alkanes of at least 4 members (excludes halogenated alkanes) is 2. The molecule has 0 aliphatic carbocycles. The lowest BCUT2D eigenvalue weighted by Gasteiger charge is -2.17. The lowest BCUT2D eigenvalue weighted by molar-refractivity contribution is -0.119. The maximum absolute atomic E-state index is 11.7. The van der Waals surface area contributed by atoms with E-state index in [2.05, 4.69) is 16.9 Å². The van der Waals surface area contributed by atoms with Crippen LogP contribution in [-0.2, 0) is 9.53 Å². The number of aliphatic imine (C=N–C) groups is 1. The van der Waals surface area contributed by atoms with Crippen LogP contribution < -0.4 is 5.32 Å². The van der Waals surface area contributed by atoms with Crippen LogP contribution >= 0.6 is 11.8 Å². The molecule has 5 nitrogen and oxygen atoms in total. The van der Waals surface area contributed by atoms with Gasteiger partial charge in [0.25, 0.3) is 0 Å². The van der Waals surface area contributed by atoms with Crippen LogP contribution in [0.15, 0.2) is 17.6 Å². The topological polar surface area (TPSA) is 67.8 Å². The molecule has 114 valence electrons. The summed E-state index contributed by atoms with van der Waals surface area (Å²) >= 11 is 1.20. The molecule has 0 heterocycles. The fourth-order valence-corrected chi connectivity index (χ4v) is 1.63. The number of carbonyl (C=O) groups excluding carboxylic acids is 2. The van der Waals surface area contributed by atoms with E-state index in [0.717, 1.165) is 19.3 Å². The second kappa shape index (κ2) is 9.58. The second-order valence-corrected chi connectivity index (χ2v) is 5.98. The number of carbonyl (C=O) groups is 2. The molecule has 0 spiro atoms. The fourth-order valence-electron chi connectivity index (χ4n) is 1.25. The first-order valence-electron chi connectivity index (χ1n) is 6.55. The van der Waals surface area contributed by atoms with Gasteiger partial charge in [0.05, 0.1) is 0 Å². The quantitative estimate of drug-likeness (QED) is 0.365. The molecule has 6 heteroatoms. The Morgan fingerprint density at radius 2 is 2.00 bits per heavy atom. The molecule has 0 aromatic heterocycles. The number of ether oxygens (including phenoxy) is 1. The SMILES string of the molecule is C=CCCCCC(=O)N/C(=N/C(=O)OC(C)(C)C)SC. The highest BCUT2D eigenvalue weighted by atomic mass is 32.2. The van der Waals surface area contributed by atoms with Crippen molar-refractivity contribution in [2.24, 2.45) is 4.99 Å². The summed E-state index contributed by atoms with van der Waals surface area (Å²) in [5.74, 6) is -0.147. The number of nitrogens with zero attached hydrogens (tertiary/aromatic N) is 1. The van der Waals surface area contributed by atoms with Gasteiger partial charge < -0.3 is 10.1 Å². The molecular formula is C14H24N2O3S. The lowest BCUT2D eigenvalue weighted by Crippen LogP contribution is -2.30. The Labute approximate surface area is 125 Å². The zero-order valence-electron chi connectivity index (χ0n) is 12.7. The summed E-state index contributed by atoms with van der Waals surface area (Å²) in [6.07, 6.45) is 5.88. The Bertz CT molecular complexity index is 373. The van der Waals surface area contributed by atoms with Crippen molar-refractivity contribution >= 4 is 28.9 Å². The van der Waals surface area contributed by atoms with E-state index in [4.69, 9.17) is 4.74 Å². The molecule has 0 atom stereocenters. The van der Waals surface area contributed by atoms with Crippen LogP contribution in [0.3, 0.4) is 0 Å². The predicted octanol–water partition coefficient (Wildman–Crippen LogP) is 3.50. The van der Waals surface area contributed by atoms with Gasteiger partial charge in [-0.1, -0.05) is 17.8 Å². The van der Waals surface area contributed by atoms with Crippen molar-refractivity contribution in [3.63, 3.8) is 0 Å². The molecule has 0 radical (unpaired) electrons. The summed E-state index contributed by atoms with van der Waals surface area (Å²) in [7, 11) is 0. The first-order chi connectivity index (χ1) is 9.28. The molecule has 0 fully saturated rings. The third kappa shape index (κ3) is 10.6. The number of allylic oxidation sites excluding steroid dienone is 1. The van der Waals surface area contributed by atoms with Gasteiger partial charge >= 0.3 is 6.09 Å². The summed E-state index contributed by atoms with van der Waals surface area (Å²) in [6.45, 7) is 8.91. The number of hydrogen-bond acceptors (Lipinski definition) is 4. The van der Waals surface area contributed by atoms with Gasteiger partial charge in [-0.25, -0.2) is 4.79 Å². The summed E-state index contributed by atoms with van der Waals surface area (Å²) in [5, 5.41) is 2.87. The highest BCUT2D eigenvalue weighted by Gasteiger charge is 2.16. The molecule has 0 aromatic carbocycles. The smallest absolute Gasteiger partial charge is 0.436 e. The van der Waals surface area contributed by atoms with Crippen LogP contribution in [0.1, 0.15) is 46.5 Å². The zero-order valence-corrected chi connectivity index (χ0v) is 13.5. The highest BCUT2D eigenvalue weighted by molar-refractivity contribution is 8.13. The van der Waals surface area contributed by atoms with Gasteiger partial charge in [0.2, 0.25) is 5.91 Å². The highest BCUT2D eigenvalue weighted by Crippen LogP contribution is 2.09. The monoisotopic (exact) mass is 300 g/mol. The maximum atomic E-state index is 11.7. The first-order valence-corrected chi connectivity index (χ1v) is 7.77. The molecule has 0 aliphatic rings. The lowest BCUT2D eigenvalue weighted by atomic mass is 10.2. The minimum Gasteiger partial charge on any atom is -0.442 e. The number of hydrogen-bond donors (Lipinski definition) is 1. The van der Waals surface area contributed by atoms with Crippen LogP contribution in [-0.4, -0.2) is 29.0 Å². The van der Waals surface area contributed by atoms with Gasteiger partial charge in [-0.3, -0.25) is 4.79 Å². The Morgan fingerprint density at radius 3 is 2.50 bits per heavy atom. The van der Waals surface area contributed by atoms with Crippen molar-refractivity contribution in [1.29, 1.82) is 0 Å². The molecule has 0 aromatic rings. The normalized spacial score (nSPS) is 11.9. The minimum atomic E-state index is -0.700. The van der Waals surface area contributed by atoms with Crippen LogP contribution in [0.4, 0.5) is 4.79 Å². The van der Waals surface area contributed by atoms with Gasteiger partial charge in [0.1, 0.15) is 5.60 Å². The predicted molar refractivity (Wildman–Crippen MR) is 84.0 cm³/mol. The zero-order chi connectivity index (χ0) is 15.6. The Kier molecular flexibility index (Phi) is 8.96. The van der Waals surface area contributed by atoms with Gasteiger partial charge in [0, 0.05) is 6.42 Å². The second-order valence-electron chi connectivity index (χ2n) is 5.18. The third-order valence-corrected chi connectivity index (χ3v) is 2.67. The minimum absolute atomic E-state index is 0.147. The summed E-state index contributed by atoms with van der Waals surface area (Å²) < 4.78 is 5.06. The van der Waals surface area contributed by atoms with E-state index < -0.39 is 11.7 Å². The van der Waals surface area contributed by atoms with E-state index in [0.29, 0.717) is 6.42 Å². The van der Waals surface area contributed by atoms with E-state index in [1.807, 2.05) is 6.08 Å². The van der Waals surface area contributed by atoms with Crippen molar-refractivity contribution in [3.05, 3.63) is 12.7 Å². The van der Waals surface area contributed by atoms with Crippen LogP contribution in [0.5, 0.6) is 0 Å².